The van der Waals surface area contributed by atoms with Crippen LogP contribution in [0.1, 0.15) is 33.9 Å². The van der Waals surface area contributed by atoms with Gasteiger partial charge in [-0.3, -0.25) is 0 Å². The van der Waals surface area contributed by atoms with Gasteiger partial charge in [-0.2, -0.15) is 0 Å². The van der Waals surface area contributed by atoms with E-state index in [-0.39, 0.29) is 35.6 Å². The van der Waals surface area contributed by atoms with Crippen LogP contribution in [-0.4, -0.2) is 37.3 Å². The third-order valence-electron chi connectivity index (χ3n) is 8.96. The van der Waals surface area contributed by atoms with Gasteiger partial charge >= 0.3 is 0 Å². The Bertz CT molecular complexity index is 2120. The average Bonchev–Trinajstić information content (AvgIpc) is 3.55. The fourth-order valence-electron chi connectivity index (χ4n) is 6.36. The molecule has 0 amide bonds. The van der Waals surface area contributed by atoms with Crippen molar-refractivity contribution in [3.63, 3.8) is 0 Å². The minimum absolute atomic E-state index is 0.0932. The van der Waals surface area contributed by atoms with Crippen LogP contribution in [0.4, 0.5) is 4.39 Å². The number of nitrogens with zero attached hydrogens (tertiary/aromatic N) is 1. The molecule has 0 spiro atoms. The van der Waals surface area contributed by atoms with Gasteiger partial charge in [0.1, 0.15) is 30.2 Å². The molecule has 1 aromatic heterocycles. The molecule has 7 rings (SSSR count). The molecule has 6 aromatic rings. The monoisotopic (exact) mass is 691 g/mol. The largest absolute Gasteiger partial charge is 0.368 e. The molecule has 0 N–H and O–H groups in total. The lowest BCUT2D eigenvalue weighted by atomic mass is 9.93. The van der Waals surface area contributed by atoms with Gasteiger partial charge in [0.15, 0.2) is 0 Å². The summed E-state index contributed by atoms with van der Waals surface area (Å²) in [5, 5.41) is 0.145. The van der Waals surface area contributed by atoms with Crippen molar-refractivity contribution in [2.45, 2.75) is 56.1 Å². The third-order valence-corrected chi connectivity index (χ3v) is 10.7. The zero-order chi connectivity index (χ0) is 34.5. The Morgan fingerprint density at radius 2 is 1.22 bits per heavy atom. The van der Waals surface area contributed by atoms with Crippen LogP contribution in [-0.2, 0) is 48.8 Å². The molecule has 1 fully saturated rings. The van der Waals surface area contributed by atoms with E-state index in [1.54, 1.807) is 30.3 Å². The van der Waals surface area contributed by atoms with Gasteiger partial charge in [0.25, 0.3) is 10.0 Å². The molecule has 4 atom stereocenters. The number of benzene rings is 5. The quantitative estimate of drug-likeness (QED) is 0.129. The van der Waals surface area contributed by atoms with Gasteiger partial charge in [-0.15, -0.1) is 0 Å². The molecule has 0 aliphatic carbocycles. The van der Waals surface area contributed by atoms with Crippen molar-refractivity contribution in [3.05, 3.63) is 173 Å². The molecule has 0 saturated carbocycles. The molecular weight excluding hydrogens is 654 g/mol. The molecule has 2 heterocycles. The van der Waals surface area contributed by atoms with Crippen LogP contribution in [0, 0.1) is 12.7 Å². The molecule has 9 heteroatoms. The Labute approximate surface area is 291 Å². The molecule has 256 valence electrons. The number of rotatable bonds is 12. The molecule has 1 saturated heterocycles. The Morgan fingerprint density at radius 1 is 0.680 bits per heavy atom. The summed E-state index contributed by atoms with van der Waals surface area (Å²) >= 11 is 0. The highest BCUT2D eigenvalue weighted by Gasteiger charge is 2.45. The lowest BCUT2D eigenvalue weighted by molar-refractivity contribution is -0.240. The Hall–Kier alpha value is -4.64. The number of hydrogen-bond donors (Lipinski definition) is 0. The number of aryl methyl sites for hydroxylation is 1. The number of fused-ring (bicyclic) bond motifs is 1. The fourth-order valence-corrected chi connectivity index (χ4v) is 7.73. The molecule has 0 bridgehead atoms. The van der Waals surface area contributed by atoms with Gasteiger partial charge in [0.2, 0.25) is 0 Å². The molecule has 1 aliphatic rings. The van der Waals surface area contributed by atoms with Crippen LogP contribution in [0.15, 0.2) is 145 Å². The van der Waals surface area contributed by atoms with Crippen molar-refractivity contribution in [2.24, 2.45) is 0 Å². The summed E-state index contributed by atoms with van der Waals surface area (Å²) in [6.45, 7) is 2.79. The summed E-state index contributed by atoms with van der Waals surface area (Å²) in [5.41, 5.74) is 4.36. The van der Waals surface area contributed by atoms with Crippen molar-refractivity contribution < 1.29 is 31.8 Å². The van der Waals surface area contributed by atoms with E-state index in [0.29, 0.717) is 12.2 Å². The summed E-state index contributed by atoms with van der Waals surface area (Å²) in [7, 11) is -4.10. The van der Waals surface area contributed by atoms with Crippen LogP contribution in [0.25, 0.3) is 10.9 Å². The predicted octanol–water partition coefficient (Wildman–Crippen LogP) is 8.15. The second kappa shape index (κ2) is 15.1. The summed E-state index contributed by atoms with van der Waals surface area (Å²) in [6.07, 6.45) is -1.46. The van der Waals surface area contributed by atoms with E-state index in [9.17, 15) is 8.42 Å². The van der Waals surface area contributed by atoms with Gasteiger partial charge in [-0.1, -0.05) is 115 Å². The zero-order valence-electron chi connectivity index (χ0n) is 27.6. The van der Waals surface area contributed by atoms with E-state index in [2.05, 4.69) is 0 Å². The van der Waals surface area contributed by atoms with Gasteiger partial charge < -0.3 is 18.9 Å². The summed E-state index contributed by atoms with van der Waals surface area (Å²) < 4.78 is 71.6. The van der Waals surface area contributed by atoms with Crippen molar-refractivity contribution in [1.82, 2.24) is 3.97 Å². The number of aromatic nitrogens is 1. The maximum absolute atomic E-state index is 15.9. The lowest BCUT2D eigenvalue weighted by Gasteiger charge is -2.42. The first-order chi connectivity index (χ1) is 24.4. The molecule has 0 radical (unpaired) electrons. The van der Waals surface area contributed by atoms with E-state index < -0.39 is 40.3 Å². The van der Waals surface area contributed by atoms with E-state index in [4.69, 9.17) is 18.9 Å². The van der Waals surface area contributed by atoms with E-state index in [1.165, 1.54) is 18.3 Å². The first-order valence-electron chi connectivity index (χ1n) is 16.6. The van der Waals surface area contributed by atoms with Gasteiger partial charge in [-0.05, 0) is 47.9 Å². The third kappa shape index (κ3) is 7.28. The minimum atomic E-state index is -4.10. The molecule has 0 unspecified atom stereocenters. The van der Waals surface area contributed by atoms with Crippen molar-refractivity contribution in [2.75, 3.05) is 6.61 Å². The first-order valence-corrected chi connectivity index (χ1v) is 18.0. The highest BCUT2D eigenvalue weighted by Crippen LogP contribution is 2.40. The summed E-state index contributed by atoms with van der Waals surface area (Å²) in [4.78, 5) is 0.0932. The van der Waals surface area contributed by atoms with Crippen LogP contribution >= 0.6 is 0 Å². The zero-order valence-corrected chi connectivity index (χ0v) is 28.4. The van der Waals surface area contributed by atoms with Gasteiger partial charge in [0.05, 0.1) is 36.8 Å². The minimum Gasteiger partial charge on any atom is -0.368 e. The number of hydrogen-bond acceptors (Lipinski definition) is 6. The fraction of sp³-hybridized carbons (Fsp3) is 0.220. The second-order valence-corrected chi connectivity index (χ2v) is 14.3. The Kier molecular flexibility index (Phi) is 10.2. The molecule has 7 nitrogen and oxygen atoms in total. The smallest absolute Gasteiger partial charge is 0.268 e. The molecular formula is C41H38FNO6S. The lowest BCUT2D eigenvalue weighted by Crippen LogP contribution is -2.52. The highest BCUT2D eigenvalue weighted by atomic mass is 32.2. The predicted molar refractivity (Wildman–Crippen MR) is 189 cm³/mol. The Balaban J connectivity index is 1.31. The van der Waals surface area contributed by atoms with E-state index in [0.717, 1.165) is 26.2 Å². The first kappa shape index (κ1) is 33.8. The molecule has 50 heavy (non-hydrogen) atoms. The maximum Gasteiger partial charge on any atom is 0.268 e. The van der Waals surface area contributed by atoms with Gasteiger partial charge in [-0.25, -0.2) is 16.8 Å². The van der Waals surface area contributed by atoms with E-state index >= 15 is 4.39 Å². The SMILES string of the molecule is Cc1ccc(S(=O)(=O)n2cc([C@@H]3OC[C@@H](OCc4ccccc4)[C@H](OCc4ccccc4)[C@H]3OCc3ccccc3)c3c(F)cccc32)cc1. The standard InChI is InChI=1S/C41H38FNO6S/c1-29-20-22-33(23-21-29)50(44,45)43-24-34(38-35(42)18-11-19-36(38)43)39-41(48-27-32-16-9-4-10-17-32)40(47-26-31-14-7-3-8-15-31)37(28-49-39)46-25-30-12-5-2-6-13-30/h2-24,37,39-41H,25-28H2,1H3/t37-,39+,40+,41+/m1/s1. The van der Waals surface area contributed by atoms with Crippen molar-refractivity contribution in [3.8, 4) is 0 Å². The second-order valence-electron chi connectivity index (χ2n) is 12.4. The molecule has 1 aliphatic heterocycles. The number of halogens is 1. The summed E-state index contributed by atoms with van der Waals surface area (Å²) in [6, 6.07) is 40.4. The van der Waals surface area contributed by atoms with Crippen molar-refractivity contribution in [1.29, 1.82) is 0 Å². The van der Waals surface area contributed by atoms with Crippen molar-refractivity contribution >= 4 is 20.9 Å². The van der Waals surface area contributed by atoms with Gasteiger partial charge in [0, 0.05) is 17.1 Å². The van der Waals surface area contributed by atoms with Crippen LogP contribution in [0.3, 0.4) is 0 Å². The maximum atomic E-state index is 15.9. The topological polar surface area (TPSA) is 76.0 Å². The van der Waals surface area contributed by atoms with Crippen LogP contribution in [0.2, 0.25) is 0 Å². The van der Waals surface area contributed by atoms with Crippen LogP contribution < -0.4 is 0 Å². The Morgan fingerprint density at radius 3 is 1.80 bits per heavy atom. The van der Waals surface area contributed by atoms with Crippen LogP contribution in [0.5, 0.6) is 0 Å². The summed E-state index contributed by atoms with van der Waals surface area (Å²) in [5.74, 6) is -0.565. The normalized spacial score (nSPS) is 19.5. The number of ether oxygens (including phenoxy) is 4. The molecule has 5 aromatic carbocycles. The highest BCUT2D eigenvalue weighted by molar-refractivity contribution is 7.90. The van der Waals surface area contributed by atoms with E-state index in [1.807, 2.05) is 97.9 Å². The average molecular weight is 692 g/mol.